The zero-order valence-electron chi connectivity index (χ0n) is 16.9. The van der Waals surface area contributed by atoms with E-state index in [-0.39, 0.29) is 24.2 Å². The van der Waals surface area contributed by atoms with Crippen LogP contribution in [0.1, 0.15) is 44.1 Å². The van der Waals surface area contributed by atoms with Gasteiger partial charge in [0.15, 0.2) is 0 Å². The van der Waals surface area contributed by atoms with E-state index in [1.807, 2.05) is 9.80 Å². The molecule has 164 valence electrons. The van der Waals surface area contributed by atoms with Crippen LogP contribution in [-0.4, -0.2) is 65.4 Å². The number of carbonyl (C=O) groups excluding carboxylic acids is 2. The molecule has 3 fully saturated rings. The zero-order chi connectivity index (χ0) is 21.3. The fourth-order valence-electron chi connectivity index (χ4n) is 4.83. The van der Waals surface area contributed by atoms with Crippen molar-refractivity contribution in [3.05, 3.63) is 23.9 Å². The first-order chi connectivity index (χ1) is 14.3. The van der Waals surface area contributed by atoms with Crippen molar-refractivity contribution in [2.24, 2.45) is 5.92 Å². The summed E-state index contributed by atoms with van der Waals surface area (Å²) in [5, 5.41) is 0. The molecule has 4 rings (SSSR count). The molecule has 3 heterocycles. The summed E-state index contributed by atoms with van der Waals surface area (Å²) in [6, 6.07) is 2.72. The Labute approximate surface area is 174 Å². The summed E-state index contributed by atoms with van der Waals surface area (Å²) in [4.78, 5) is 35.1. The first kappa shape index (κ1) is 20.9. The maximum Gasteiger partial charge on any atom is 0.417 e. The van der Waals surface area contributed by atoms with E-state index in [0.717, 1.165) is 37.9 Å². The van der Waals surface area contributed by atoms with Gasteiger partial charge >= 0.3 is 6.18 Å². The fraction of sp³-hybridized carbons (Fsp3) is 0.667. The molecular formula is C21H27F3N4O2. The van der Waals surface area contributed by atoms with Gasteiger partial charge in [-0.3, -0.25) is 9.59 Å². The minimum atomic E-state index is -4.40. The van der Waals surface area contributed by atoms with Crippen molar-refractivity contribution in [2.45, 2.75) is 50.7 Å². The lowest BCUT2D eigenvalue weighted by atomic mass is 10.1. The van der Waals surface area contributed by atoms with Gasteiger partial charge in [0.25, 0.3) is 0 Å². The number of likely N-dealkylation sites (tertiary alicyclic amines) is 1. The van der Waals surface area contributed by atoms with Crippen molar-refractivity contribution in [3.63, 3.8) is 0 Å². The van der Waals surface area contributed by atoms with Crippen LogP contribution in [0.2, 0.25) is 0 Å². The predicted octanol–water partition coefficient (Wildman–Crippen LogP) is 2.93. The molecule has 1 atom stereocenters. The summed E-state index contributed by atoms with van der Waals surface area (Å²) in [6.45, 7) is 2.72. The van der Waals surface area contributed by atoms with Crippen molar-refractivity contribution in [1.29, 1.82) is 0 Å². The van der Waals surface area contributed by atoms with Crippen LogP contribution in [0.25, 0.3) is 0 Å². The van der Waals surface area contributed by atoms with Gasteiger partial charge in [-0.25, -0.2) is 4.98 Å². The predicted molar refractivity (Wildman–Crippen MR) is 105 cm³/mol. The molecule has 0 spiro atoms. The molecule has 2 amide bonds. The summed E-state index contributed by atoms with van der Waals surface area (Å²) in [5.41, 5.74) is -0.768. The SMILES string of the molecule is O=C(C1CC(=O)N(C2CCCC2)C1)N1CCCN(c2ccc(C(F)(F)F)cn2)CC1. The van der Waals surface area contributed by atoms with Gasteiger partial charge in [0.2, 0.25) is 11.8 Å². The van der Waals surface area contributed by atoms with Gasteiger partial charge in [0.1, 0.15) is 5.82 Å². The molecule has 9 heteroatoms. The standard InChI is InChI=1S/C21H27F3N4O2/c22-21(23,24)16-6-7-18(25-13-16)26-8-3-9-27(11-10-26)20(30)15-12-19(29)28(14-15)17-4-1-2-5-17/h6-7,13,15,17H,1-5,8-12,14H2. The second kappa shape index (κ2) is 8.43. The molecule has 30 heavy (non-hydrogen) atoms. The van der Waals surface area contributed by atoms with Crippen molar-refractivity contribution in [3.8, 4) is 0 Å². The molecule has 1 aromatic rings. The Bertz CT molecular complexity index is 777. The number of hydrogen-bond donors (Lipinski definition) is 0. The fourth-order valence-corrected chi connectivity index (χ4v) is 4.83. The summed E-state index contributed by atoms with van der Waals surface area (Å²) >= 11 is 0. The number of nitrogens with zero attached hydrogens (tertiary/aromatic N) is 4. The summed E-state index contributed by atoms with van der Waals surface area (Å²) in [7, 11) is 0. The highest BCUT2D eigenvalue weighted by Gasteiger charge is 2.40. The molecule has 6 nitrogen and oxygen atoms in total. The topological polar surface area (TPSA) is 56.8 Å². The summed E-state index contributed by atoms with van der Waals surface area (Å²) in [6.07, 6.45) is 1.80. The van der Waals surface area contributed by atoms with Crippen LogP contribution < -0.4 is 4.90 Å². The number of aromatic nitrogens is 1. The minimum absolute atomic E-state index is 0.0195. The third kappa shape index (κ3) is 4.39. The van der Waals surface area contributed by atoms with Crippen LogP contribution in [0.3, 0.4) is 0 Å². The maximum atomic E-state index is 13.0. The highest BCUT2D eigenvalue weighted by Crippen LogP contribution is 2.31. The van der Waals surface area contributed by atoms with E-state index in [9.17, 15) is 22.8 Å². The van der Waals surface area contributed by atoms with Crippen LogP contribution >= 0.6 is 0 Å². The second-order valence-corrected chi connectivity index (χ2v) is 8.45. The average Bonchev–Trinajstić information content (AvgIpc) is 3.30. The molecule has 1 aromatic heterocycles. The Morgan fingerprint density at radius 3 is 2.47 bits per heavy atom. The van der Waals surface area contributed by atoms with Crippen LogP contribution in [0, 0.1) is 5.92 Å². The van der Waals surface area contributed by atoms with Crippen molar-refractivity contribution >= 4 is 17.6 Å². The van der Waals surface area contributed by atoms with E-state index in [1.165, 1.54) is 6.07 Å². The molecule has 1 unspecified atom stereocenters. The van der Waals surface area contributed by atoms with Gasteiger partial charge in [-0.2, -0.15) is 13.2 Å². The van der Waals surface area contributed by atoms with Gasteiger partial charge in [-0.05, 0) is 31.4 Å². The molecule has 0 radical (unpaired) electrons. The normalized spacial score (nSPS) is 23.9. The van der Waals surface area contributed by atoms with Gasteiger partial charge in [0.05, 0.1) is 11.5 Å². The molecule has 0 bridgehead atoms. The van der Waals surface area contributed by atoms with Crippen molar-refractivity contribution in [2.75, 3.05) is 37.6 Å². The Balaban J connectivity index is 1.35. The number of pyridine rings is 1. The van der Waals surface area contributed by atoms with E-state index < -0.39 is 11.7 Å². The minimum Gasteiger partial charge on any atom is -0.355 e. The summed E-state index contributed by atoms with van der Waals surface area (Å²) in [5.74, 6) is 0.311. The summed E-state index contributed by atoms with van der Waals surface area (Å²) < 4.78 is 38.2. The Morgan fingerprint density at radius 2 is 1.80 bits per heavy atom. The second-order valence-electron chi connectivity index (χ2n) is 8.45. The lowest BCUT2D eigenvalue weighted by molar-refractivity contribution is -0.138. The maximum absolute atomic E-state index is 13.0. The lowest BCUT2D eigenvalue weighted by Crippen LogP contribution is -2.41. The molecule has 1 saturated carbocycles. The van der Waals surface area contributed by atoms with Gasteiger partial charge in [0, 0.05) is 51.4 Å². The smallest absolute Gasteiger partial charge is 0.355 e. The van der Waals surface area contributed by atoms with Crippen LogP contribution in [0.5, 0.6) is 0 Å². The Morgan fingerprint density at radius 1 is 1.03 bits per heavy atom. The highest BCUT2D eigenvalue weighted by molar-refractivity contribution is 5.89. The quantitative estimate of drug-likeness (QED) is 0.749. The number of rotatable bonds is 3. The van der Waals surface area contributed by atoms with E-state index >= 15 is 0 Å². The molecule has 0 aromatic carbocycles. The van der Waals surface area contributed by atoms with E-state index in [1.54, 1.807) is 4.90 Å². The van der Waals surface area contributed by atoms with Crippen molar-refractivity contribution in [1.82, 2.24) is 14.8 Å². The number of anilines is 1. The third-order valence-electron chi connectivity index (χ3n) is 6.48. The molecule has 3 aliphatic rings. The monoisotopic (exact) mass is 424 g/mol. The third-order valence-corrected chi connectivity index (χ3v) is 6.48. The average molecular weight is 424 g/mol. The van der Waals surface area contributed by atoms with E-state index in [4.69, 9.17) is 0 Å². The number of carbonyl (C=O) groups is 2. The highest BCUT2D eigenvalue weighted by atomic mass is 19.4. The number of amides is 2. The van der Waals surface area contributed by atoms with Gasteiger partial charge in [-0.1, -0.05) is 12.8 Å². The first-order valence-electron chi connectivity index (χ1n) is 10.7. The number of alkyl halides is 3. The van der Waals surface area contributed by atoms with E-state index in [0.29, 0.717) is 51.0 Å². The van der Waals surface area contributed by atoms with Gasteiger partial charge < -0.3 is 14.7 Å². The van der Waals surface area contributed by atoms with E-state index in [2.05, 4.69) is 4.98 Å². The van der Waals surface area contributed by atoms with Crippen molar-refractivity contribution < 1.29 is 22.8 Å². The molecular weight excluding hydrogens is 397 g/mol. The van der Waals surface area contributed by atoms with Gasteiger partial charge in [-0.15, -0.1) is 0 Å². The van der Waals surface area contributed by atoms with Crippen LogP contribution in [0.15, 0.2) is 18.3 Å². The first-order valence-corrected chi connectivity index (χ1v) is 10.7. The molecule has 1 aliphatic carbocycles. The van der Waals surface area contributed by atoms with Crippen LogP contribution in [-0.2, 0) is 15.8 Å². The lowest BCUT2D eigenvalue weighted by Gasteiger charge is -2.26. The Kier molecular flexibility index (Phi) is 5.88. The Hall–Kier alpha value is -2.32. The molecule has 2 saturated heterocycles. The number of halogens is 3. The largest absolute Gasteiger partial charge is 0.417 e. The molecule has 2 aliphatic heterocycles. The zero-order valence-corrected chi connectivity index (χ0v) is 16.9. The number of hydrogen-bond acceptors (Lipinski definition) is 4. The molecule has 0 N–H and O–H groups in total. The van der Waals surface area contributed by atoms with Crippen LogP contribution in [0.4, 0.5) is 19.0 Å².